The maximum absolute atomic E-state index is 4.88. The van der Waals surface area contributed by atoms with Gasteiger partial charge in [0.05, 0.1) is 5.69 Å². The third kappa shape index (κ3) is 2.21. The van der Waals surface area contributed by atoms with Crippen molar-refractivity contribution in [2.24, 2.45) is 0 Å². The number of hydrogen-bond donors (Lipinski definition) is 0. The minimum atomic E-state index is 0.754. The molecular formula is C26H16N2. The predicted molar refractivity (Wildman–Crippen MR) is 117 cm³/mol. The molecule has 130 valence electrons. The molecule has 5 aromatic carbocycles. The summed E-state index contributed by atoms with van der Waals surface area (Å²) >= 11 is 0. The van der Waals surface area contributed by atoms with Crippen molar-refractivity contribution in [3.8, 4) is 22.6 Å². The molecule has 0 aliphatic carbocycles. The molecule has 0 unspecified atom stereocenters. The second kappa shape index (κ2) is 5.86. The minimum absolute atomic E-state index is 0.754. The van der Waals surface area contributed by atoms with Crippen molar-refractivity contribution in [3.63, 3.8) is 0 Å². The predicted octanol–water partition coefficient (Wildman–Crippen LogP) is 6.71. The van der Waals surface area contributed by atoms with Crippen molar-refractivity contribution in [1.29, 1.82) is 0 Å². The van der Waals surface area contributed by atoms with Crippen molar-refractivity contribution in [3.05, 3.63) is 97.2 Å². The third-order valence-electron chi connectivity index (χ3n) is 5.49. The summed E-state index contributed by atoms with van der Waals surface area (Å²) in [7, 11) is 0. The molecule has 2 nitrogen and oxygen atoms in total. The normalized spacial score (nSPS) is 11.6. The van der Waals surface area contributed by atoms with Crippen LogP contribution in [0.3, 0.4) is 0 Å². The molecule has 0 fully saturated rings. The van der Waals surface area contributed by atoms with Gasteiger partial charge in [0.15, 0.2) is 5.82 Å². The van der Waals surface area contributed by atoms with E-state index in [0.717, 1.165) is 22.6 Å². The van der Waals surface area contributed by atoms with Crippen LogP contribution in [0.2, 0.25) is 0 Å². The van der Waals surface area contributed by atoms with Crippen LogP contribution in [0, 0.1) is 0 Å². The summed E-state index contributed by atoms with van der Waals surface area (Å²) in [6.07, 6.45) is 1.85. The Hall–Kier alpha value is -3.78. The Kier molecular flexibility index (Phi) is 3.20. The van der Waals surface area contributed by atoms with Gasteiger partial charge in [-0.1, -0.05) is 84.9 Å². The van der Waals surface area contributed by atoms with Gasteiger partial charge in [-0.15, -0.1) is 0 Å². The molecule has 6 aromatic rings. The van der Waals surface area contributed by atoms with E-state index in [2.05, 4.69) is 59.6 Å². The first-order valence-electron chi connectivity index (χ1n) is 9.44. The lowest BCUT2D eigenvalue weighted by atomic mass is 9.91. The lowest BCUT2D eigenvalue weighted by molar-refractivity contribution is 1.18. The van der Waals surface area contributed by atoms with E-state index in [-0.39, 0.29) is 0 Å². The molecule has 0 saturated heterocycles. The van der Waals surface area contributed by atoms with Gasteiger partial charge in [-0.3, -0.25) is 0 Å². The lowest BCUT2D eigenvalue weighted by Crippen LogP contribution is -1.93. The van der Waals surface area contributed by atoms with E-state index in [4.69, 9.17) is 4.98 Å². The van der Waals surface area contributed by atoms with Crippen LogP contribution in [0.25, 0.3) is 55.0 Å². The van der Waals surface area contributed by atoms with Gasteiger partial charge in [0.1, 0.15) is 0 Å². The van der Waals surface area contributed by atoms with Crippen molar-refractivity contribution in [2.45, 2.75) is 0 Å². The molecule has 0 radical (unpaired) electrons. The quantitative estimate of drug-likeness (QED) is 0.322. The van der Waals surface area contributed by atoms with Crippen molar-refractivity contribution >= 4 is 32.3 Å². The number of rotatable bonds is 2. The van der Waals surface area contributed by atoms with Gasteiger partial charge in [0.2, 0.25) is 0 Å². The molecule has 0 aliphatic rings. The third-order valence-corrected chi connectivity index (χ3v) is 5.49. The Bertz CT molecular complexity index is 1440. The molecule has 0 aliphatic heterocycles. The number of benzene rings is 5. The Morgan fingerprint density at radius 3 is 2.07 bits per heavy atom. The average molecular weight is 356 g/mol. The first-order valence-corrected chi connectivity index (χ1v) is 9.44. The maximum Gasteiger partial charge on any atom is 0.159 e. The summed E-state index contributed by atoms with van der Waals surface area (Å²) in [6.45, 7) is 0. The van der Waals surface area contributed by atoms with Crippen molar-refractivity contribution in [1.82, 2.24) is 9.97 Å². The van der Waals surface area contributed by atoms with Crippen molar-refractivity contribution < 1.29 is 0 Å². The molecule has 1 heterocycles. The van der Waals surface area contributed by atoms with E-state index in [1.54, 1.807) is 0 Å². The second-order valence-corrected chi connectivity index (χ2v) is 7.10. The highest BCUT2D eigenvalue weighted by Gasteiger charge is 2.13. The van der Waals surface area contributed by atoms with E-state index < -0.39 is 0 Å². The molecule has 0 bridgehead atoms. The molecule has 0 amide bonds. The molecular weight excluding hydrogens is 340 g/mol. The topological polar surface area (TPSA) is 25.8 Å². The summed E-state index contributed by atoms with van der Waals surface area (Å²) in [5, 5.41) is 7.70. The van der Waals surface area contributed by atoms with Crippen LogP contribution < -0.4 is 0 Å². The zero-order chi connectivity index (χ0) is 18.5. The van der Waals surface area contributed by atoms with E-state index in [1.807, 2.05) is 42.6 Å². The summed E-state index contributed by atoms with van der Waals surface area (Å²) in [6, 6.07) is 31.9. The van der Waals surface area contributed by atoms with Crippen LogP contribution in [-0.2, 0) is 0 Å². The Balaban J connectivity index is 1.65. The summed E-state index contributed by atoms with van der Waals surface area (Å²) < 4.78 is 0. The number of hydrogen-bond acceptors (Lipinski definition) is 2. The van der Waals surface area contributed by atoms with Gasteiger partial charge >= 0.3 is 0 Å². The lowest BCUT2D eigenvalue weighted by Gasteiger charge is -2.14. The number of aromatic nitrogens is 2. The standard InChI is InChI=1S/C26H16N2/c1-2-5-20(6-3-1)26-27-16-15-23(28-26)21-13-11-19-10-9-17-7-4-8-18-12-14-22(21)25(19)24(17)18/h1-16H. The fourth-order valence-electron chi connectivity index (χ4n) is 4.19. The van der Waals surface area contributed by atoms with Crippen LogP contribution in [0.15, 0.2) is 97.2 Å². The highest BCUT2D eigenvalue weighted by Crippen LogP contribution is 2.38. The van der Waals surface area contributed by atoms with E-state index >= 15 is 0 Å². The first-order chi connectivity index (χ1) is 13.9. The molecule has 0 saturated carbocycles. The van der Waals surface area contributed by atoms with Crippen LogP contribution >= 0.6 is 0 Å². The monoisotopic (exact) mass is 356 g/mol. The van der Waals surface area contributed by atoms with Crippen molar-refractivity contribution in [2.75, 3.05) is 0 Å². The highest BCUT2D eigenvalue weighted by atomic mass is 14.9. The summed E-state index contributed by atoms with van der Waals surface area (Å²) in [5.41, 5.74) is 3.12. The Morgan fingerprint density at radius 1 is 0.536 bits per heavy atom. The molecule has 0 spiro atoms. The fraction of sp³-hybridized carbons (Fsp3) is 0. The molecule has 0 atom stereocenters. The van der Waals surface area contributed by atoms with Gasteiger partial charge in [-0.2, -0.15) is 0 Å². The Labute approximate surface area is 162 Å². The zero-order valence-electron chi connectivity index (χ0n) is 15.1. The Morgan fingerprint density at radius 2 is 1.25 bits per heavy atom. The summed E-state index contributed by atoms with van der Waals surface area (Å²) in [5.74, 6) is 0.754. The molecule has 2 heteroatoms. The van der Waals surface area contributed by atoms with E-state index in [9.17, 15) is 0 Å². The number of nitrogens with zero attached hydrogens (tertiary/aromatic N) is 2. The van der Waals surface area contributed by atoms with Gasteiger partial charge < -0.3 is 0 Å². The zero-order valence-corrected chi connectivity index (χ0v) is 15.1. The van der Waals surface area contributed by atoms with E-state index in [1.165, 1.54) is 32.3 Å². The molecule has 28 heavy (non-hydrogen) atoms. The van der Waals surface area contributed by atoms with Crippen LogP contribution in [0.5, 0.6) is 0 Å². The minimum Gasteiger partial charge on any atom is -0.237 e. The van der Waals surface area contributed by atoms with Gasteiger partial charge in [-0.05, 0) is 38.4 Å². The molecule has 6 rings (SSSR count). The van der Waals surface area contributed by atoms with Gasteiger partial charge in [0, 0.05) is 17.3 Å². The average Bonchev–Trinajstić information content (AvgIpc) is 2.78. The maximum atomic E-state index is 4.88. The fourth-order valence-corrected chi connectivity index (χ4v) is 4.19. The molecule has 0 N–H and O–H groups in total. The van der Waals surface area contributed by atoms with E-state index in [0.29, 0.717) is 0 Å². The smallest absolute Gasteiger partial charge is 0.159 e. The summed E-state index contributed by atoms with van der Waals surface area (Å²) in [4.78, 5) is 9.37. The largest absolute Gasteiger partial charge is 0.237 e. The van der Waals surface area contributed by atoms with Gasteiger partial charge in [-0.25, -0.2) is 9.97 Å². The van der Waals surface area contributed by atoms with Crippen LogP contribution in [0.1, 0.15) is 0 Å². The highest BCUT2D eigenvalue weighted by molar-refractivity contribution is 6.25. The van der Waals surface area contributed by atoms with Gasteiger partial charge in [0.25, 0.3) is 0 Å². The first kappa shape index (κ1) is 15.3. The SMILES string of the molecule is c1ccc(-c2nccc(-c3ccc4ccc5cccc6ccc3c4c56)n2)cc1. The van der Waals surface area contributed by atoms with Crippen LogP contribution in [0.4, 0.5) is 0 Å². The second-order valence-electron chi connectivity index (χ2n) is 7.10. The van der Waals surface area contributed by atoms with Crippen LogP contribution in [-0.4, -0.2) is 9.97 Å². The molecule has 1 aromatic heterocycles.